The second-order valence-corrected chi connectivity index (χ2v) is 6.37. The van der Waals surface area contributed by atoms with Gasteiger partial charge < -0.3 is 19.2 Å². The fraction of sp³-hybridized carbons (Fsp3) is 0.286. The monoisotopic (exact) mass is 353 g/mol. The Bertz CT molecular complexity index is 929. The highest BCUT2D eigenvalue weighted by molar-refractivity contribution is 5.84. The molecule has 1 aromatic heterocycles. The maximum absolute atomic E-state index is 12.2. The number of hydrogen-bond donors (Lipinski definition) is 1. The van der Waals surface area contributed by atoms with E-state index in [1.165, 1.54) is 0 Å². The number of methoxy groups -OCH3 is 1. The second kappa shape index (κ2) is 7.52. The van der Waals surface area contributed by atoms with Crippen LogP contribution in [0.25, 0.3) is 11.0 Å². The van der Waals surface area contributed by atoms with Gasteiger partial charge in [0.05, 0.1) is 13.2 Å². The molecular formula is C21H23NO4. The van der Waals surface area contributed by atoms with Gasteiger partial charge in [0.15, 0.2) is 17.9 Å². The fourth-order valence-electron chi connectivity index (χ4n) is 2.89. The van der Waals surface area contributed by atoms with Crippen molar-refractivity contribution < 1.29 is 18.7 Å². The molecule has 2 aromatic carbocycles. The second-order valence-electron chi connectivity index (χ2n) is 6.37. The van der Waals surface area contributed by atoms with E-state index in [2.05, 4.69) is 5.32 Å². The smallest absolute Gasteiger partial charge is 0.258 e. The van der Waals surface area contributed by atoms with Crippen molar-refractivity contribution in [3.8, 4) is 11.5 Å². The lowest BCUT2D eigenvalue weighted by atomic mass is 10.1. The lowest BCUT2D eigenvalue weighted by molar-refractivity contribution is -0.123. The maximum Gasteiger partial charge on any atom is 0.258 e. The van der Waals surface area contributed by atoms with Gasteiger partial charge in [-0.1, -0.05) is 29.8 Å². The van der Waals surface area contributed by atoms with Crippen LogP contribution in [-0.2, 0) is 4.79 Å². The number of carbonyl (C=O) groups excluding carboxylic acids is 1. The minimum Gasteiger partial charge on any atom is -0.493 e. The molecule has 0 aliphatic heterocycles. The van der Waals surface area contributed by atoms with Crippen molar-refractivity contribution in [1.29, 1.82) is 0 Å². The Morgan fingerprint density at radius 2 is 1.96 bits per heavy atom. The van der Waals surface area contributed by atoms with Crippen LogP contribution in [0.4, 0.5) is 0 Å². The van der Waals surface area contributed by atoms with E-state index < -0.39 is 0 Å². The van der Waals surface area contributed by atoms with Gasteiger partial charge >= 0.3 is 0 Å². The van der Waals surface area contributed by atoms with Crippen LogP contribution < -0.4 is 14.8 Å². The molecule has 1 unspecified atom stereocenters. The molecule has 3 rings (SSSR count). The van der Waals surface area contributed by atoms with Crippen LogP contribution in [0, 0.1) is 13.8 Å². The molecule has 5 nitrogen and oxygen atoms in total. The van der Waals surface area contributed by atoms with Crippen molar-refractivity contribution in [2.45, 2.75) is 26.8 Å². The van der Waals surface area contributed by atoms with Crippen LogP contribution in [-0.4, -0.2) is 19.6 Å². The molecule has 26 heavy (non-hydrogen) atoms. The lowest BCUT2D eigenvalue weighted by Crippen LogP contribution is -2.31. The molecule has 1 amide bonds. The Morgan fingerprint density at radius 3 is 2.69 bits per heavy atom. The first-order valence-electron chi connectivity index (χ1n) is 8.54. The summed E-state index contributed by atoms with van der Waals surface area (Å²) in [6, 6.07) is 13.2. The number of fused-ring (bicyclic) bond motifs is 1. The summed E-state index contributed by atoms with van der Waals surface area (Å²) in [5.74, 6) is 1.85. The predicted octanol–water partition coefficient (Wildman–Crippen LogP) is 4.31. The summed E-state index contributed by atoms with van der Waals surface area (Å²) >= 11 is 0. The highest BCUT2D eigenvalue weighted by Crippen LogP contribution is 2.30. The molecule has 0 fully saturated rings. The number of amides is 1. The van der Waals surface area contributed by atoms with E-state index in [-0.39, 0.29) is 18.6 Å². The number of furan rings is 1. The van der Waals surface area contributed by atoms with Crippen molar-refractivity contribution in [1.82, 2.24) is 5.32 Å². The third kappa shape index (κ3) is 3.82. The lowest BCUT2D eigenvalue weighted by Gasteiger charge is -2.13. The molecule has 1 atom stereocenters. The van der Waals surface area contributed by atoms with Crippen LogP contribution in [0.2, 0.25) is 0 Å². The maximum atomic E-state index is 12.2. The fourth-order valence-corrected chi connectivity index (χ4v) is 2.89. The van der Waals surface area contributed by atoms with E-state index in [9.17, 15) is 4.79 Å². The molecule has 0 bridgehead atoms. The van der Waals surface area contributed by atoms with E-state index in [1.54, 1.807) is 7.11 Å². The van der Waals surface area contributed by atoms with Gasteiger partial charge in [0.1, 0.15) is 11.5 Å². The van der Waals surface area contributed by atoms with Crippen LogP contribution >= 0.6 is 0 Å². The third-order valence-corrected chi connectivity index (χ3v) is 4.24. The average Bonchev–Trinajstić information content (AvgIpc) is 3.05. The third-order valence-electron chi connectivity index (χ3n) is 4.24. The normalized spacial score (nSPS) is 12.0. The van der Waals surface area contributed by atoms with Gasteiger partial charge in [0.25, 0.3) is 5.91 Å². The van der Waals surface area contributed by atoms with Gasteiger partial charge in [-0.3, -0.25) is 4.79 Å². The van der Waals surface area contributed by atoms with Gasteiger partial charge in [-0.15, -0.1) is 0 Å². The molecule has 3 aromatic rings. The minimum absolute atomic E-state index is 0.0439. The number of para-hydroxylation sites is 1. The Balaban J connectivity index is 1.64. The van der Waals surface area contributed by atoms with E-state index in [1.807, 2.05) is 63.2 Å². The summed E-state index contributed by atoms with van der Waals surface area (Å²) in [5, 5.41) is 3.83. The van der Waals surface area contributed by atoms with Crippen molar-refractivity contribution >= 4 is 16.9 Å². The van der Waals surface area contributed by atoms with Crippen LogP contribution in [0.15, 0.2) is 46.9 Å². The summed E-state index contributed by atoms with van der Waals surface area (Å²) in [6.45, 7) is 5.81. The van der Waals surface area contributed by atoms with Crippen LogP contribution in [0.3, 0.4) is 0 Å². The predicted molar refractivity (Wildman–Crippen MR) is 101 cm³/mol. The number of ether oxygens (including phenoxy) is 2. The van der Waals surface area contributed by atoms with Crippen LogP contribution in [0.5, 0.6) is 11.5 Å². The number of hydrogen-bond acceptors (Lipinski definition) is 4. The number of rotatable bonds is 6. The Labute approximate surface area is 152 Å². The molecule has 0 aliphatic rings. The minimum atomic E-state index is -0.276. The molecule has 5 heteroatoms. The van der Waals surface area contributed by atoms with E-state index in [0.29, 0.717) is 22.8 Å². The van der Waals surface area contributed by atoms with Crippen molar-refractivity contribution in [3.05, 3.63) is 59.4 Å². The SMILES string of the molecule is COc1cccc2cc(C(C)NC(=O)COc3ccc(C)cc3C)oc12. The zero-order valence-corrected chi connectivity index (χ0v) is 15.5. The average molecular weight is 353 g/mol. The van der Waals surface area contributed by atoms with Crippen LogP contribution in [0.1, 0.15) is 29.9 Å². The van der Waals surface area contributed by atoms with Gasteiger partial charge in [0.2, 0.25) is 0 Å². The van der Waals surface area contributed by atoms with Gasteiger partial charge in [-0.05, 0) is 44.5 Å². The molecule has 0 saturated carbocycles. The van der Waals surface area contributed by atoms with E-state index in [0.717, 1.165) is 16.5 Å². The number of aryl methyl sites for hydroxylation is 2. The molecule has 1 N–H and O–H groups in total. The first-order chi connectivity index (χ1) is 12.5. The van der Waals surface area contributed by atoms with E-state index in [4.69, 9.17) is 13.9 Å². The Hall–Kier alpha value is -2.95. The summed E-state index contributed by atoms with van der Waals surface area (Å²) < 4.78 is 16.8. The van der Waals surface area contributed by atoms with Gasteiger partial charge in [-0.2, -0.15) is 0 Å². The van der Waals surface area contributed by atoms with E-state index >= 15 is 0 Å². The largest absolute Gasteiger partial charge is 0.493 e. The summed E-state index contributed by atoms with van der Waals surface area (Å²) in [4.78, 5) is 12.2. The Morgan fingerprint density at radius 1 is 1.15 bits per heavy atom. The molecular weight excluding hydrogens is 330 g/mol. The Kier molecular flexibility index (Phi) is 5.16. The standard InChI is InChI=1S/C21H23NO4/c1-13-8-9-17(14(2)10-13)25-12-20(23)22-15(3)19-11-16-6-5-7-18(24-4)21(16)26-19/h5-11,15H,12H2,1-4H3,(H,22,23). The van der Waals surface area contributed by atoms with Crippen molar-refractivity contribution in [3.63, 3.8) is 0 Å². The molecule has 1 heterocycles. The summed E-state index contributed by atoms with van der Waals surface area (Å²) in [5.41, 5.74) is 2.85. The van der Waals surface area contributed by atoms with Crippen molar-refractivity contribution in [2.75, 3.05) is 13.7 Å². The van der Waals surface area contributed by atoms with Gasteiger partial charge in [-0.25, -0.2) is 0 Å². The number of nitrogens with one attached hydrogen (secondary N) is 1. The summed E-state index contributed by atoms with van der Waals surface area (Å²) in [7, 11) is 1.60. The number of benzene rings is 2. The molecule has 136 valence electrons. The molecule has 0 spiro atoms. The molecule has 0 saturated heterocycles. The highest BCUT2D eigenvalue weighted by atomic mass is 16.5. The zero-order valence-electron chi connectivity index (χ0n) is 15.5. The molecule has 0 radical (unpaired) electrons. The molecule has 0 aliphatic carbocycles. The number of carbonyl (C=O) groups is 1. The van der Waals surface area contributed by atoms with Gasteiger partial charge in [0, 0.05) is 5.39 Å². The van der Waals surface area contributed by atoms with Crippen molar-refractivity contribution in [2.24, 2.45) is 0 Å². The summed E-state index contributed by atoms with van der Waals surface area (Å²) in [6.07, 6.45) is 0. The highest BCUT2D eigenvalue weighted by Gasteiger charge is 2.16. The first-order valence-corrected chi connectivity index (χ1v) is 8.54. The quantitative estimate of drug-likeness (QED) is 0.717. The topological polar surface area (TPSA) is 60.7 Å². The zero-order chi connectivity index (χ0) is 18.7. The first kappa shape index (κ1) is 17.9.